The fourth-order valence-electron chi connectivity index (χ4n) is 1.87. The quantitative estimate of drug-likeness (QED) is 0.613. The van der Waals surface area contributed by atoms with E-state index in [1.54, 1.807) is 0 Å². The van der Waals surface area contributed by atoms with Crippen LogP contribution in [-0.4, -0.2) is 12.7 Å². The van der Waals surface area contributed by atoms with Gasteiger partial charge in [-0.05, 0) is 44.9 Å². The van der Waals surface area contributed by atoms with E-state index in [1.807, 2.05) is 33.8 Å². The third kappa shape index (κ3) is 3.77. The molecule has 1 atom stereocenters. The highest BCUT2D eigenvalue weighted by molar-refractivity contribution is 5.34. The molecule has 4 heteroatoms. The van der Waals surface area contributed by atoms with E-state index in [1.165, 1.54) is 6.07 Å². The number of benzene rings is 1. The summed E-state index contributed by atoms with van der Waals surface area (Å²) in [4.78, 5) is 0. The monoisotopic (exact) mass is 240 g/mol. The highest BCUT2D eigenvalue weighted by Crippen LogP contribution is 2.23. The number of hydrazine groups is 1. The van der Waals surface area contributed by atoms with Gasteiger partial charge in [0.15, 0.2) is 0 Å². The molecule has 0 fully saturated rings. The lowest BCUT2D eigenvalue weighted by molar-refractivity contribution is 0.0603. The SMILES string of the molecule is Cc1cc(C)c(C(COC(C)C)NN)c(F)c1. The molecule has 0 aliphatic rings. The molecule has 3 N–H and O–H groups in total. The van der Waals surface area contributed by atoms with Crippen molar-refractivity contribution >= 4 is 0 Å². The van der Waals surface area contributed by atoms with Crippen LogP contribution in [0.25, 0.3) is 0 Å². The molecule has 0 aliphatic heterocycles. The Morgan fingerprint density at radius 2 is 2.00 bits per heavy atom. The minimum Gasteiger partial charge on any atom is -0.377 e. The summed E-state index contributed by atoms with van der Waals surface area (Å²) in [6.45, 7) is 7.98. The lowest BCUT2D eigenvalue weighted by Gasteiger charge is -2.21. The minimum absolute atomic E-state index is 0.0969. The van der Waals surface area contributed by atoms with Gasteiger partial charge in [-0.3, -0.25) is 11.3 Å². The summed E-state index contributed by atoms with van der Waals surface area (Å²) in [5, 5.41) is 0. The van der Waals surface area contributed by atoms with Gasteiger partial charge in [0.2, 0.25) is 0 Å². The van der Waals surface area contributed by atoms with Gasteiger partial charge in [-0.2, -0.15) is 0 Å². The first kappa shape index (κ1) is 14.1. The van der Waals surface area contributed by atoms with E-state index >= 15 is 0 Å². The summed E-state index contributed by atoms with van der Waals surface area (Å²) in [5.41, 5.74) is 4.99. The Bertz CT molecular complexity index is 357. The first-order valence-electron chi connectivity index (χ1n) is 5.80. The van der Waals surface area contributed by atoms with Gasteiger partial charge in [-0.1, -0.05) is 6.07 Å². The number of nitrogens with two attached hydrogens (primary N) is 1. The molecule has 0 aliphatic carbocycles. The van der Waals surface area contributed by atoms with Crippen molar-refractivity contribution in [2.24, 2.45) is 5.84 Å². The summed E-state index contributed by atoms with van der Waals surface area (Å²) in [7, 11) is 0. The largest absolute Gasteiger partial charge is 0.377 e. The second-order valence-electron chi connectivity index (χ2n) is 4.58. The molecule has 0 heterocycles. The molecule has 1 rings (SSSR count). The molecule has 0 radical (unpaired) electrons. The van der Waals surface area contributed by atoms with Crippen LogP contribution in [-0.2, 0) is 4.74 Å². The summed E-state index contributed by atoms with van der Waals surface area (Å²) in [6.07, 6.45) is 0.0969. The Kier molecular flexibility index (Phi) is 5.05. The summed E-state index contributed by atoms with van der Waals surface area (Å²) >= 11 is 0. The molecule has 1 aromatic carbocycles. The van der Waals surface area contributed by atoms with Crippen LogP contribution in [0.2, 0.25) is 0 Å². The molecule has 0 saturated carbocycles. The number of hydrogen-bond donors (Lipinski definition) is 2. The zero-order valence-corrected chi connectivity index (χ0v) is 10.9. The number of nitrogens with one attached hydrogen (secondary N) is 1. The number of aryl methyl sites for hydroxylation is 2. The Morgan fingerprint density at radius 1 is 1.35 bits per heavy atom. The van der Waals surface area contributed by atoms with E-state index < -0.39 is 0 Å². The first-order valence-corrected chi connectivity index (χ1v) is 5.80. The van der Waals surface area contributed by atoms with Crippen LogP contribution >= 0.6 is 0 Å². The van der Waals surface area contributed by atoms with Crippen LogP contribution in [0.5, 0.6) is 0 Å². The smallest absolute Gasteiger partial charge is 0.128 e. The zero-order chi connectivity index (χ0) is 13.0. The van der Waals surface area contributed by atoms with Gasteiger partial charge in [0.05, 0.1) is 18.8 Å². The van der Waals surface area contributed by atoms with Gasteiger partial charge < -0.3 is 4.74 Å². The third-order valence-electron chi connectivity index (χ3n) is 2.63. The van der Waals surface area contributed by atoms with Crippen molar-refractivity contribution in [3.8, 4) is 0 Å². The fourth-order valence-corrected chi connectivity index (χ4v) is 1.87. The van der Waals surface area contributed by atoms with Crippen molar-refractivity contribution in [2.45, 2.75) is 39.8 Å². The predicted molar refractivity (Wildman–Crippen MR) is 67.0 cm³/mol. The van der Waals surface area contributed by atoms with E-state index in [-0.39, 0.29) is 18.0 Å². The predicted octanol–water partition coefficient (Wildman–Crippen LogP) is 2.37. The van der Waals surface area contributed by atoms with Crippen molar-refractivity contribution in [1.29, 1.82) is 0 Å². The van der Waals surface area contributed by atoms with E-state index in [4.69, 9.17) is 10.6 Å². The average molecular weight is 240 g/mol. The topological polar surface area (TPSA) is 47.3 Å². The molecular weight excluding hydrogens is 219 g/mol. The molecular formula is C13H21FN2O. The zero-order valence-electron chi connectivity index (χ0n) is 10.9. The highest BCUT2D eigenvalue weighted by atomic mass is 19.1. The maximum Gasteiger partial charge on any atom is 0.128 e. The number of rotatable bonds is 5. The third-order valence-corrected chi connectivity index (χ3v) is 2.63. The van der Waals surface area contributed by atoms with E-state index in [0.717, 1.165) is 11.1 Å². The van der Waals surface area contributed by atoms with Crippen LogP contribution < -0.4 is 11.3 Å². The van der Waals surface area contributed by atoms with Crippen LogP contribution in [0.4, 0.5) is 4.39 Å². The van der Waals surface area contributed by atoms with Gasteiger partial charge in [0.1, 0.15) is 5.82 Å². The van der Waals surface area contributed by atoms with E-state index in [2.05, 4.69) is 5.43 Å². The molecule has 0 amide bonds. The van der Waals surface area contributed by atoms with Crippen molar-refractivity contribution in [2.75, 3.05) is 6.61 Å². The molecule has 3 nitrogen and oxygen atoms in total. The summed E-state index contributed by atoms with van der Waals surface area (Å²) in [5.74, 6) is 5.23. The van der Waals surface area contributed by atoms with E-state index in [0.29, 0.717) is 12.2 Å². The summed E-state index contributed by atoms with van der Waals surface area (Å²) < 4.78 is 19.4. The molecule has 0 bridgehead atoms. The molecule has 0 aromatic heterocycles. The molecule has 17 heavy (non-hydrogen) atoms. The second kappa shape index (κ2) is 6.10. The molecule has 1 unspecified atom stereocenters. The second-order valence-corrected chi connectivity index (χ2v) is 4.58. The molecule has 96 valence electrons. The van der Waals surface area contributed by atoms with Crippen molar-refractivity contribution in [3.05, 3.63) is 34.6 Å². The molecule has 0 spiro atoms. The first-order chi connectivity index (χ1) is 7.95. The number of hydrogen-bond acceptors (Lipinski definition) is 3. The van der Waals surface area contributed by atoms with Gasteiger partial charge in [-0.25, -0.2) is 4.39 Å². The molecule has 0 saturated heterocycles. The lowest BCUT2D eigenvalue weighted by atomic mass is 9.99. The van der Waals surface area contributed by atoms with E-state index in [9.17, 15) is 4.39 Å². The maximum absolute atomic E-state index is 13.9. The lowest BCUT2D eigenvalue weighted by Crippen LogP contribution is -2.33. The van der Waals surface area contributed by atoms with Crippen LogP contribution in [0, 0.1) is 19.7 Å². The average Bonchev–Trinajstić information content (AvgIpc) is 2.21. The fraction of sp³-hybridized carbons (Fsp3) is 0.538. The Labute approximate surface area is 102 Å². The van der Waals surface area contributed by atoms with Crippen molar-refractivity contribution < 1.29 is 9.13 Å². The number of ether oxygens (including phenoxy) is 1. The molecule has 1 aromatic rings. The maximum atomic E-state index is 13.9. The minimum atomic E-state index is -0.321. The van der Waals surface area contributed by atoms with Gasteiger partial charge in [0.25, 0.3) is 0 Å². The van der Waals surface area contributed by atoms with Crippen LogP contribution in [0.15, 0.2) is 12.1 Å². The summed E-state index contributed by atoms with van der Waals surface area (Å²) in [6, 6.07) is 3.14. The number of halogens is 1. The van der Waals surface area contributed by atoms with Gasteiger partial charge >= 0.3 is 0 Å². The van der Waals surface area contributed by atoms with Crippen molar-refractivity contribution in [1.82, 2.24) is 5.43 Å². The van der Waals surface area contributed by atoms with Crippen molar-refractivity contribution in [3.63, 3.8) is 0 Å². The standard InChI is InChI=1S/C13H21FN2O/c1-8(2)17-7-12(16-15)13-10(4)5-9(3)6-11(13)14/h5-6,8,12,16H,7,15H2,1-4H3. The van der Waals surface area contributed by atoms with Gasteiger partial charge in [-0.15, -0.1) is 0 Å². The van der Waals surface area contributed by atoms with Gasteiger partial charge in [0, 0.05) is 5.56 Å². The Morgan fingerprint density at radius 3 is 2.47 bits per heavy atom. The highest BCUT2D eigenvalue weighted by Gasteiger charge is 2.18. The Hall–Kier alpha value is -0.970. The normalized spacial score (nSPS) is 13.1. The van der Waals surface area contributed by atoms with Crippen LogP contribution in [0.3, 0.4) is 0 Å². The Balaban J connectivity index is 2.95. The van der Waals surface area contributed by atoms with Crippen LogP contribution in [0.1, 0.15) is 36.6 Å².